The van der Waals surface area contributed by atoms with Gasteiger partial charge in [0.15, 0.2) is 0 Å². The van der Waals surface area contributed by atoms with Crippen molar-refractivity contribution in [2.24, 2.45) is 0 Å². The highest BCUT2D eigenvalue weighted by atomic mass is 16.5. The highest BCUT2D eigenvalue weighted by Crippen LogP contribution is 2.30. The van der Waals surface area contributed by atoms with E-state index in [4.69, 9.17) is 10.5 Å². The Kier molecular flexibility index (Phi) is 3.19. The van der Waals surface area contributed by atoms with Crippen molar-refractivity contribution in [3.05, 3.63) is 18.3 Å². The van der Waals surface area contributed by atoms with Crippen molar-refractivity contribution in [3.63, 3.8) is 0 Å². The standard InChI is InChI=1S/C13H17N5O2/c1-15-13(19)12-7-20-3-2-18(12)11-5-10-8(4-9(11)14)6-16-17-10/h4-6,12H,2-3,7,14H2,1H3,(H,15,19)(H,16,17). The molecule has 2 aromatic rings. The van der Waals surface area contributed by atoms with Crippen LogP contribution in [0.2, 0.25) is 0 Å². The molecule has 1 saturated heterocycles. The first kappa shape index (κ1) is 12.7. The molecule has 1 unspecified atom stereocenters. The van der Waals surface area contributed by atoms with Gasteiger partial charge in [0.2, 0.25) is 5.91 Å². The predicted octanol–water partition coefficient (Wildman–Crippen LogP) is 0.0963. The molecule has 0 saturated carbocycles. The third-order valence-electron chi connectivity index (χ3n) is 3.57. The Hall–Kier alpha value is -2.28. The summed E-state index contributed by atoms with van der Waals surface area (Å²) >= 11 is 0. The summed E-state index contributed by atoms with van der Waals surface area (Å²) < 4.78 is 5.41. The molecule has 1 aromatic carbocycles. The van der Waals surface area contributed by atoms with Crippen LogP contribution in [0.4, 0.5) is 11.4 Å². The molecule has 1 aliphatic heterocycles. The van der Waals surface area contributed by atoms with Gasteiger partial charge in [-0.3, -0.25) is 9.89 Å². The zero-order valence-electron chi connectivity index (χ0n) is 11.2. The zero-order chi connectivity index (χ0) is 14.1. The molecule has 0 radical (unpaired) electrons. The van der Waals surface area contributed by atoms with Crippen LogP contribution in [-0.4, -0.2) is 49.0 Å². The number of nitrogen functional groups attached to an aromatic ring is 1. The fourth-order valence-corrected chi connectivity index (χ4v) is 2.52. The van der Waals surface area contributed by atoms with Crippen LogP contribution in [0.5, 0.6) is 0 Å². The number of aromatic amines is 1. The maximum atomic E-state index is 12.0. The lowest BCUT2D eigenvalue weighted by Gasteiger charge is -2.36. The molecule has 3 rings (SSSR count). The van der Waals surface area contributed by atoms with Gasteiger partial charge in [-0.2, -0.15) is 5.10 Å². The minimum absolute atomic E-state index is 0.0752. The van der Waals surface area contributed by atoms with E-state index in [1.807, 2.05) is 17.0 Å². The highest BCUT2D eigenvalue weighted by molar-refractivity contribution is 5.92. The number of rotatable bonds is 2. The smallest absolute Gasteiger partial charge is 0.244 e. The van der Waals surface area contributed by atoms with Crippen LogP contribution in [0.1, 0.15) is 0 Å². The average molecular weight is 275 g/mol. The lowest BCUT2D eigenvalue weighted by Crippen LogP contribution is -2.53. The summed E-state index contributed by atoms with van der Waals surface area (Å²) in [4.78, 5) is 14.0. The number of fused-ring (bicyclic) bond motifs is 1. The van der Waals surface area contributed by atoms with Crippen LogP contribution in [0.15, 0.2) is 18.3 Å². The van der Waals surface area contributed by atoms with Crippen molar-refractivity contribution in [3.8, 4) is 0 Å². The number of hydrogen-bond donors (Lipinski definition) is 3. The fourth-order valence-electron chi connectivity index (χ4n) is 2.52. The number of morpholine rings is 1. The van der Waals surface area contributed by atoms with E-state index in [-0.39, 0.29) is 11.9 Å². The van der Waals surface area contributed by atoms with Crippen molar-refractivity contribution >= 4 is 28.2 Å². The van der Waals surface area contributed by atoms with Gasteiger partial charge in [0, 0.05) is 19.0 Å². The maximum Gasteiger partial charge on any atom is 0.244 e. The van der Waals surface area contributed by atoms with Gasteiger partial charge in [-0.1, -0.05) is 0 Å². The van der Waals surface area contributed by atoms with E-state index in [1.54, 1.807) is 13.2 Å². The number of amides is 1. The molecule has 0 spiro atoms. The van der Waals surface area contributed by atoms with Crippen molar-refractivity contribution in [1.29, 1.82) is 0 Å². The number of benzene rings is 1. The van der Waals surface area contributed by atoms with Crippen LogP contribution in [0.3, 0.4) is 0 Å². The lowest BCUT2D eigenvalue weighted by molar-refractivity contribution is -0.124. The minimum Gasteiger partial charge on any atom is -0.397 e. The Morgan fingerprint density at radius 3 is 3.25 bits per heavy atom. The molecule has 0 aliphatic carbocycles. The third kappa shape index (κ3) is 2.05. The summed E-state index contributed by atoms with van der Waals surface area (Å²) in [6.07, 6.45) is 1.73. The number of nitrogens with two attached hydrogens (primary N) is 1. The molecular weight excluding hydrogens is 258 g/mol. The SMILES string of the molecule is CNC(=O)C1COCCN1c1cc2[nH]ncc2cc1N. The second-order valence-corrected chi connectivity index (χ2v) is 4.77. The normalized spacial score (nSPS) is 19.2. The van der Waals surface area contributed by atoms with E-state index < -0.39 is 0 Å². The zero-order valence-corrected chi connectivity index (χ0v) is 11.2. The van der Waals surface area contributed by atoms with Crippen LogP contribution in [0, 0.1) is 0 Å². The molecule has 2 heterocycles. The molecule has 20 heavy (non-hydrogen) atoms. The number of hydrogen-bond acceptors (Lipinski definition) is 5. The number of anilines is 2. The first-order valence-electron chi connectivity index (χ1n) is 6.49. The minimum atomic E-state index is -0.364. The van der Waals surface area contributed by atoms with E-state index in [9.17, 15) is 4.79 Å². The predicted molar refractivity (Wildman–Crippen MR) is 76.5 cm³/mol. The number of ether oxygens (including phenoxy) is 1. The first-order valence-corrected chi connectivity index (χ1v) is 6.49. The van der Waals surface area contributed by atoms with Crippen molar-refractivity contribution < 1.29 is 9.53 Å². The quantitative estimate of drug-likeness (QED) is 0.675. The van der Waals surface area contributed by atoms with Crippen molar-refractivity contribution in [2.45, 2.75) is 6.04 Å². The van der Waals surface area contributed by atoms with Crippen LogP contribution in [0.25, 0.3) is 10.9 Å². The fraction of sp³-hybridized carbons (Fsp3) is 0.385. The summed E-state index contributed by atoms with van der Waals surface area (Å²) in [6, 6.07) is 3.43. The molecule has 1 atom stereocenters. The third-order valence-corrected chi connectivity index (χ3v) is 3.57. The number of carbonyl (C=O) groups is 1. The van der Waals surface area contributed by atoms with Gasteiger partial charge in [-0.25, -0.2) is 0 Å². The summed E-state index contributed by atoms with van der Waals surface area (Å²) in [5.74, 6) is -0.0752. The largest absolute Gasteiger partial charge is 0.397 e. The average Bonchev–Trinajstić information content (AvgIpc) is 2.92. The van der Waals surface area contributed by atoms with Gasteiger partial charge in [0.25, 0.3) is 0 Å². The lowest BCUT2D eigenvalue weighted by atomic mass is 10.1. The summed E-state index contributed by atoms with van der Waals surface area (Å²) in [5.41, 5.74) is 8.49. The van der Waals surface area contributed by atoms with Gasteiger partial charge in [-0.05, 0) is 12.1 Å². The number of carbonyl (C=O) groups excluding carboxylic acids is 1. The Balaban J connectivity index is 2.02. The van der Waals surface area contributed by atoms with Gasteiger partial charge in [-0.15, -0.1) is 0 Å². The molecule has 4 N–H and O–H groups in total. The second-order valence-electron chi connectivity index (χ2n) is 4.77. The molecule has 0 bridgehead atoms. The molecule has 106 valence electrons. The molecular formula is C13H17N5O2. The molecule has 1 fully saturated rings. The van der Waals surface area contributed by atoms with Crippen LogP contribution < -0.4 is 16.0 Å². The van der Waals surface area contributed by atoms with Crippen LogP contribution in [-0.2, 0) is 9.53 Å². The summed E-state index contributed by atoms with van der Waals surface area (Å²) in [5, 5.41) is 10.5. The van der Waals surface area contributed by atoms with E-state index in [0.29, 0.717) is 25.4 Å². The first-order chi connectivity index (χ1) is 9.70. The highest BCUT2D eigenvalue weighted by Gasteiger charge is 2.30. The van der Waals surface area contributed by atoms with Crippen molar-refractivity contribution in [1.82, 2.24) is 15.5 Å². The number of likely N-dealkylation sites (N-methyl/N-ethyl adjacent to an activating group) is 1. The van der Waals surface area contributed by atoms with E-state index in [0.717, 1.165) is 16.6 Å². The number of nitrogens with one attached hydrogen (secondary N) is 2. The Labute approximate surface area is 116 Å². The van der Waals surface area contributed by atoms with Gasteiger partial charge >= 0.3 is 0 Å². The molecule has 1 amide bonds. The topological polar surface area (TPSA) is 96.3 Å². The summed E-state index contributed by atoms with van der Waals surface area (Å²) in [6.45, 7) is 1.57. The molecule has 1 aliphatic rings. The molecule has 7 heteroatoms. The van der Waals surface area contributed by atoms with E-state index >= 15 is 0 Å². The van der Waals surface area contributed by atoms with Gasteiger partial charge in [0.05, 0.1) is 36.3 Å². The maximum absolute atomic E-state index is 12.0. The monoisotopic (exact) mass is 275 g/mol. The Bertz CT molecular complexity index is 639. The molecule has 1 aromatic heterocycles. The Morgan fingerprint density at radius 1 is 1.60 bits per heavy atom. The van der Waals surface area contributed by atoms with E-state index in [2.05, 4.69) is 15.5 Å². The molecule has 7 nitrogen and oxygen atoms in total. The van der Waals surface area contributed by atoms with Crippen LogP contribution >= 0.6 is 0 Å². The van der Waals surface area contributed by atoms with Gasteiger partial charge < -0.3 is 20.7 Å². The second kappa shape index (κ2) is 5.01. The number of nitrogens with zero attached hydrogens (tertiary/aromatic N) is 2. The van der Waals surface area contributed by atoms with Gasteiger partial charge in [0.1, 0.15) is 6.04 Å². The summed E-state index contributed by atoms with van der Waals surface area (Å²) in [7, 11) is 1.62. The number of H-pyrrole nitrogens is 1. The Morgan fingerprint density at radius 2 is 2.45 bits per heavy atom. The van der Waals surface area contributed by atoms with Crippen molar-refractivity contribution in [2.75, 3.05) is 37.4 Å². The van der Waals surface area contributed by atoms with E-state index in [1.165, 1.54) is 0 Å². The number of aromatic nitrogens is 2.